The van der Waals surface area contributed by atoms with Gasteiger partial charge in [-0.25, -0.2) is 9.97 Å². The standard InChI is InChI=1S/C19H15F3N4O/c1-12-6-8-14(9-7-12)25-17(27)13-10-23-18(24-11-13)26-16-5-3-2-4-15(16)19(20,21)22/h2-11H,1H3,(H,25,27)(H,23,24,26). The molecular formula is C19H15F3N4O. The summed E-state index contributed by atoms with van der Waals surface area (Å²) in [5.41, 5.74) is 0.875. The molecule has 0 bridgehead atoms. The van der Waals surface area contributed by atoms with Crippen molar-refractivity contribution in [2.24, 2.45) is 0 Å². The van der Waals surface area contributed by atoms with Crippen LogP contribution in [0.2, 0.25) is 0 Å². The van der Waals surface area contributed by atoms with Crippen molar-refractivity contribution >= 4 is 23.2 Å². The number of para-hydroxylation sites is 1. The number of rotatable bonds is 4. The van der Waals surface area contributed by atoms with E-state index >= 15 is 0 Å². The van der Waals surface area contributed by atoms with Crippen LogP contribution >= 0.6 is 0 Å². The van der Waals surface area contributed by atoms with Crippen LogP contribution in [0.15, 0.2) is 60.9 Å². The molecule has 3 rings (SSSR count). The van der Waals surface area contributed by atoms with Crippen LogP contribution in [0.3, 0.4) is 0 Å². The van der Waals surface area contributed by atoms with E-state index in [9.17, 15) is 18.0 Å². The average Bonchev–Trinajstić information content (AvgIpc) is 2.64. The van der Waals surface area contributed by atoms with E-state index in [-0.39, 0.29) is 17.2 Å². The number of alkyl halides is 3. The van der Waals surface area contributed by atoms with Gasteiger partial charge in [0.15, 0.2) is 0 Å². The lowest BCUT2D eigenvalue weighted by Crippen LogP contribution is -2.13. The zero-order chi connectivity index (χ0) is 19.4. The molecule has 0 unspecified atom stereocenters. The first-order valence-corrected chi connectivity index (χ1v) is 7.96. The number of amides is 1. The summed E-state index contributed by atoms with van der Waals surface area (Å²) in [5, 5.41) is 5.22. The van der Waals surface area contributed by atoms with Crippen molar-refractivity contribution in [1.29, 1.82) is 0 Å². The molecule has 1 heterocycles. The minimum Gasteiger partial charge on any atom is -0.324 e. The Bertz CT molecular complexity index is 938. The smallest absolute Gasteiger partial charge is 0.324 e. The number of aryl methyl sites for hydroxylation is 1. The first-order chi connectivity index (χ1) is 12.8. The third kappa shape index (κ3) is 4.60. The first kappa shape index (κ1) is 18.4. The number of nitrogens with one attached hydrogen (secondary N) is 2. The minimum atomic E-state index is -4.50. The van der Waals surface area contributed by atoms with Gasteiger partial charge in [0.1, 0.15) is 0 Å². The lowest BCUT2D eigenvalue weighted by atomic mass is 10.1. The Hall–Kier alpha value is -3.42. The molecule has 0 aliphatic carbocycles. The number of hydrogen-bond acceptors (Lipinski definition) is 4. The molecule has 5 nitrogen and oxygen atoms in total. The Kier molecular flexibility index (Phi) is 5.07. The van der Waals surface area contributed by atoms with E-state index in [4.69, 9.17) is 0 Å². The van der Waals surface area contributed by atoms with Gasteiger partial charge in [0.05, 0.1) is 16.8 Å². The van der Waals surface area contributed by atoms with Crippen LogP contribution in [0.5, 0.6) is 0 Å². The van der Waals surface area contributed by atoms with E-state index in [1.165, 1.54) is 30.6 Å². The van der Waals surface area contributed by atoms with Gasteiger partial charge < -0.3 is 10.6 Å². The topological polar surface area (TPSA) is 66.9 Å². The van der Waals surface area contributed by atoms with Crippen molar-refractivity contribution < 1.29 is 18.0 Å². The summed E-state index contributed by atoms with van der Waals surface area (Å²) in [4.78, 5) is 20.0. The van der Waals surface area contributed by atoms with E-state index in [1.807, 2.05) is 19.1 Å². The Balaban J connectivity index is 1.72. The minimum absolute atomic E-state index is 0.0430. The van der Waals surface area contributed by atoms with Gasteiger partial charge in [0.2, 0.25) is 5.95 Å². The molecule has 138 valence electrons. The van der Waals surface area contributed by atoms with Gasteiger partial charge >= 0.3 is 6.18 Å². The van der Waals surface area contributed by atoms with Crippen LogP contribution < -0.4 is 10.6 Å². The Morgan fingerprint density at radius 2 is 1.59 bits per heavy atom. The molecule has 1 amide bonds. The van der Waals surface area contributed by atoms with Gasteiger partial charge in [0.25, 0.3) is 5.91 Å². The number of anilines is 3. The summed E-state index contributed by atoms with van der Waals surface area (Å²) in [6, 6.07) is 12.3. The van der Waals surface area contributed by atoms with Crippen LogP contribution in [0.25, 0.3) is 0 Å². The van der Waals surface area contributed by atoms with Gasteiger partial charge in [-0.15, -0.1) is 0 Å². The lowest BCUT2D eigenvalue weighted by Gasteiger charge is -2.13. The van der Waals surface area contributed by atoms with Gasteiger partial charge in [0, 0.05) is 18.1 Å². The second-order valence-electron chi connectivity index (χ2n) is 5.78. The zero-order valence-electron chi connectivity index (χ0n) is 14.2. The highest BCUT2D eigenvalue weighted by atomic mass is 19.4. The van der Waals surface area contributed by atoms with Gasteiger partial charge in [-0.05, 0) is 31.2 Å². The SMILES string of the molecule is Cc1ccc(NC(=O)c2cnc(Nc3ccccc3C(F)(F)F)nc2)cc1. The Labute approximate surface area is 153 Å². The highest BCUT2D eigenvalue weighted by Gasteiger charge is 2.33. The van der Waals surface area contributed by atoms with Crippen LogP contribution in [0, 0.1) is 6.92 Å². The van der Waals surface area contributed by atoms with E-state index in [0.717, 1.165) is 11.6 Å². The fraction of sp³-hybridized carbons (Fsp3) is 0.105. The second kappa shape index (κ2) is 7.45. The number of carbonyl (C=O) groups excluding carboxylic acids is 1. The Morgan fingerprint density at radius 1 is 0.963 bits per heavy atom. The van der Waals surface area contributed by atoms with Crippen molar-refractivity contribution in [3.8, 4) is 0 Å². The Morgan fingerprint density at radius 3 is 2.22 bits per heavy atom. The maximum Gasteiger partial charge on any atom is 0.418 e. The molecule has 0 saturated carbocycles. The summed E-state index contributed by atoms with van der Waals surface area (Å²) in [6.45, 7) is 1.93. The summed E-state index contributed by atoms with van der Waals surface area (Å²) in [6.07, 6.45) is -2.01. The number of benzene rings is 2. The summed E-state index contributed by atoms with van der Waals surface area (Å²) >= 11 is 0. The van der Waals surface area contributed by atoms with Crippen molar-refractivity contribution in [3.63, 3.8) is 0 Å². The van der Waals surface area contributed by atoms with Crippen LogP contribution in [-0.4, -0.2) is 15.9 Å². The molecule has 0 saturated heterocycles. The summed E-state index contributed by atoms with van der Waals surface area (Å²) in [7, 11) is 0. The van der Waals surface area contributed by atoms with Crippen LogP contribution in [0.1, 0.15) is 21.5 Å². The average molecular weight is 372 g/mol. The van der Waals surface area contributed by atoms with Gasteiger partial charge in [-0.2, -0.15) is 13.2 Å². The van der Waals surface area contributed by atoms with Crippen LogP contribution in [0.4, 0.5) is 30.5 Å². The third-order valence-electron chi connectivity index (χ3n) is 3.70. The molecule has 2 aromatic carbocycles. The molecule has 2 N–H and O–H groups in total. The summed E-state index contributed by atoms with van der Waals surface area (Å²) in [5.74, 6) is -0.459. The molecule has 0 aliphatic rings. The van der Waals surface area contributed by atoms with E-state index in [1.54, 1.807) is 12.1 Å². The largest absolute Gasteiger partial charge is 0.418 e. The second-order valence-corrected chi connectivity index (χ2v) is 5.78. The molecule has 0 atom stereocenters. The number of halogens is 3. The van der Waals surface area contributed by atoms with Crippen molar-refractivity contribution in [1.82, 2.24) is 9.97 Å². The zero-order valence-corrected chi connectivity index (χ0v) is 14.2. The quantitative estimate of drug-likeness (QED) is 0.690. The molecule has 0 spiro atoms. The predicted octanol–water partition coefficient (Wildman–Crippen LogP) is 4.80. The highest BCUT2D eigenvalue weighted by Crippen LogP contribution is 2.35. The number of nitrogens with zero attached hydrogens (tertiary/aromatic N) is 2. The van der Waals surface area contributed by atoms with Gasteiger partial charge in [-0.3, -0.25) is 4.79 Å². The predicted molar refractivity (Wildman–Crippen MR) is 95.9 cm³/mol. The van der Waals surface area contributed by atoms with E-state index in [0.29, 0.717) is 5.69 Å². The fourth-order valence-electron chi connectivity index (χ4n) is 2.31. The number of hydrogen-bond donors (Lipinski definition) is 2. The summed E-state index contributed by atoms with van der Waals surface area (Å²) < 4.78 is 39.1. The molecule has 27 heavy (non-hydrogen) atoms. The van der Waals surface area contributed by atoms with E-state index < -0.39 is 17.6 Å². The van der Waals surface area contributed by atoms with Crippen molar-refractivity contribution in [2.45, 2.75) is 13.1 Å². The number of carbonyl (C=O) groups is 1. The molecular weight excluding hydrogens is 357 g/mol. The van der Waals surface area contributed by atoms with E-state index in [2.05, 4.69) is 20.6 Å². The fourth-order valence-corrected chi connectivity index (χ4v) is 2.31. The molecule has 1 aromatic heterocycles. The molecule has 0 fully saturated rings. The first-order valence-electron chi connectivity index (χ1n) is 7.96. The monoisotopic (exact) mass is 372 g/mol. The third-order valence-corrected chi connectivity index (χ3v) is 3.70. The molecule has 0 aliphatic heterocycles. The maximum atomic E-state index is 13.0. The molecule has 3 aromatic rings. The molecule has 8 heteroatoms. The number of aromatic nitrogens is 2. The highest BCUT2D eigenvalue weighted by molar-refractivity contribution is 6.03. The lowest BCUT2D eigenvalue weighted by molar-refractivity contribution is -0.136. The molecule has 0 radical (unpaired) electrons. The normalized spacial score (nSPS) is 11.1. The van der Waals surface area contributed by atoms with Crippen molar-refractivity contribution in [2.75, 3.05) is 10.6 Å². The van der Waals surface area contributed by atoms with Gasteiger partial charge in [-0.1, -0.05) is 29.8 Å². The van der Waals surface area contributed by atoms with Crippen LogP contribution in [-0.2, 0) is 6.18 Å². The van der Waals surface area contributed by atoms with Crippen molar-refractivity contribution in [3.05, 3.63) is 77.6 Å². The maximum absolute atomic E-state index is 13.0.